The fourth-order valence-electron chi connectivity index (χ4n) is 2.04. The molecule has 0 aromatic heterocycles. The maximum absolute atomic E-state index is 6.01. The molecule has 0 radical (unpaired) electrons. The number of nitrogens with zero attached hydrogens (tertiary/aromatic N) is 1. The molecule has 0 aliphatic carbocycles. The van der Waals surface area contributed by atoms with Crippen LogP contribution in [0, 0.1) is 5.92 Å². The number of halogens is 1. The van der Waals surface area contributed by atoms with E-state index in [-0.39, 0.29) is 0 Å². The van der Waals surface area contributed by atoms with Crippen molar-refractivity contribution in [1.29, 1.82) is 0 Å². The van der Waals surface area contributed by atoms with Crippen LogP contribution in [0.1, 0.15) is 26.3 Å². The lowest BCUT2D eigenvalue weighted by atomic mass is 10.0. The summed E-state index contributed by atoms with van der Waals surface area (Å²) in [5, 5.41) is 4.22. The molecule has 1 rings (SSSR count). The van der Waals surface area contributed by atoms with Gasteiger partial charge in [-0.2, -0.15) is 0 Å². The molecule has 0 saturated carbocycles. The van der Waals surface area contributed by atoms with Crippen LogP contribution in [0.25, 0.3) is 0 Å². The van der Waals surface area contributed by atoms with E-state index in [0.717, 1.165) is 24.7 Å². The lowest BCUT2D eigenvalue weighted by molar-refractivity contribution is 0.189. The van der Waals surface area contributed by atoms with Gasteiger partial charge in [-0.05, 0) is 50.7 Å². The molecular formula is C15H25ClN2. The Morgan fingerprint density at radius 1 is 1.33 bits per heavy atom. The Morgan fingerprint density at radius 2 is 2.06 bits per heavy atom. The quantitative estimate of drug-likeness (QED) is 0.815. The molecule has 2 unspecified atom stereocenters. The highest BCUT2D eigenvalue weighted by molar-refractivity contribution is 6.30. The Balaban J connectivity index is 2.51. The molecular weight excluding hydrogens is 244 g/mol. The SMILES string of the molecule is CCNCC(C)C(C)N(C)Cc1cccc(Cl)c1. The molecule has 1 N–H and O–H groups in total. The molecule has 102 valence electrons. The minimum Gasteiger partial charge on any atom is -0.317 e. The average Bonchev–Trinajstić information content (AvgIpc) is 2.35. The monoisotopic (exact) mass is 268 g/mol. The molecule has 3 heteroatoms. The molecule has 1 aromatic carbocycles. The topological polar surface area (TPSA) is 15.3 Å². The molecule has 0 aliphatic heterocycles. The Morgan fingerprint density at radius 3 is 2.67 bits per heavy atom. The van der Waals surface area contributed by atoms with E-state index in [1.165, 1.54) is 5.56 Å². The predicted molar refractivity (Wildman–Crippen MR) is 80.1 cm³/mol. The Hall–Kier alpha value is -0.570. The van der Waals surface area contributed by atoms with Crippen molar-refractivity contribution < 1.29 is 0 Å². The highest BCUT2D eigenvalue weighted by atomic mass is 35.5. The number of hydrogen-bond acceptors (Lipinski definition) is 2. The Kier molecular flexibility index (Phi) is 6.69. The molecule has 18 heavy (non-hydrogen) atoms. The highest BCUT2D eigenvalue weighted by Crippen LogP contribution is 2.15. The van der Waals surface area contributed by atoms with Crippen molar-refractivity contribution in [3.63, 3.8) is 0 Å². The van der Waals surface area contributed by atoms with Crippen molar-refractivity contribution in [3.05, 3.63) is 34.9 Å². The van der Waals surface area contributed by atoms with E-state index in [2.05, 4.69) is 44.1 Å². The van der Waals surface area contributed by atoms with Crippen molar-refractivity contribution in [2.75, 3.05) is 20.1 Å². The molecule has 0 bridgehead atoms. The Labute approximate surface area is 116 Å². The second-order valence-electron chi connectivity index (χ2n) is 5.07. The van der Waals surface area contributed by atoms with E-state index in [4.69, 9.17) is 11.6 Å². The molecule has 0 heterocycles. The van der Waals surface area contributed by atoms with Gasteiger partial charge >= 0.3 is 0 Å². The highest BCUT2D eigenvalue weighted by Gasteiger charge is 2.16. The summed E-state index contributed by atoms with van der Waals surface area (Å²) in [6.07, 6.45) is 0. The van der Waals surface area contributed by atoms with E-state index in [1.54, 1.807) is 0 Å². The standard InChI is InChI=1S/C15H25ClN2/c1-5-17-10-12(2)13(3)18(4)11-14-7-6-8-15(16)9-14/h6-9,12-13,17H,5,10-11H2,1-4H3. The first-order valence-corrected chi connectivity index (χ1v) is 7.07. The van der Waals surface area contributed by atoms with Crippen molar-refractivity contribution in [2.24, 2.45) is 5.92 Å². The largest absolute Gasteiger partial charge is 0.317 e. The van der Waals surface area contributed by atoms with Gasteiger partial charge < -0.3 is 5.32 Å². The average molecular weight is 269 g/mol. The van der Waals surface area contributed by atoms with Crippen molar-refractivity contribution >= 4 is 11.6 Å². The van der Waals surface area contributed by atoms with Gasteiger partial charge in [-0.15, -0.1) is 0 Å². The second kappa shape index (κ2) is 7.78. The van der Waals surface area contributed by atoms with Gasteiger partial charge in [-0.1, -0.05) is 37.6 Å². The zero-order valence-corrected chi connectivity index (χ0v) is 12.7. The van der Waals surface area contributed by atoms with Crippen LogP contribution in [0.5, 0.6) is 0 Å². The van der Waals surface area contributed by atoms with Crippen LogP contribution in [0.4, 0.5) is 0 Å². The summed E-state index contributed by atoms with van der Waals surface area (Å²) in [7, 11) is 2.17. The minimum atomic E-state index is 0.544. The maximum atomic E-state index is 6.01. The summed E-state index contributed by atoms with van der Waals surface area (Å²) < 4.78 is 0. The molecule has 2 nitrogen and oxygen atoms in total. The van der Waals surface area contributed by atoms with Gasteiger partial charge in [0.25, 0.3) is 0 Å². The smallest absolute Gasteiger partial charge is 0.0409 e. The lowest BCUT2D eigenvalue weighted by Gasteiger charge is -2.30. The van der Waals surface area contributed by atoms with Crippen LogP contribution in [0.15, 0.2) is 24.3 Å². The lowest BCUT2D eigenvalue weighted by Crippen LogP contribution is -2.38. The third kappa shape index (κ3) is 4.97. The molecule has 0 fully saturated rings. The molecule has 0 amide bonds. The molecule has 0 aliphatic rings. The van der Waals surface area contributed by atoms with Gasteiger partial charge in [0.1, 0.15) is 0 Å². The number of benzene rings is 1. The van der Waals surface area contributed by atoms with E-state index in [1.807, 2.05) is 18.2 Å². The zero-order valence-electron chi connectivity index (χ0n) is 11.9. The molecule has 0 saturated heterocycles. The van der Waals surface area contributed by atoms with Crippen LogP contribution < -0.4 is 5.32 Å². The zero-order chi connectivity index (χ0) is 13.5. The number of hydrogen-bond donors (Lipinski definition) is 1. The van der Waals surface area contributed by atoms with Crippen molar-refractivity contribution in [1.82, 2.24) is 10.2 Å². The van der Waals surface area contributed by atoms with Gasteiger partial charge in [-0.3, -0.25) is 4.90 Å². The predicted octanol–water partition coefficient (Wildman–Crippen LogP) is 3.41. The summed E-state index contributed by atoms with van der Waals surface area (Å²) in [5.74, 6) is 0.633. The third-order valence-electron chi connectivity index (χ3n) is 3.56. The first-order chi connectivity index (χ1) is 8.54. The number of rotatable bonds is 7. The summed E-state index contributed by atoms with van der Waals surface area (Å²) in [5.41, 5.74) is 1.27. The second-order valence-corrected chi connectivity index (χ2v) is 5.51. The van der Waals surface area contributed by atoms with Crippen LogP contribution in [-0.2, 0) is 6.54 Å². The summed E-state index contributed by atoms with van der Waals surface area (Å²) in [4.78, 5) is 2.38. The van der Waals surface area contributed by atoms with E-state index in [0.29, 0.717) is 12.0 Å². The first kappa shape index (κ1) is 15.5. The van der Waals surface area contributed by atoms with Crippen molar-refractivity contribution in [3.8, 4) is 0 Å². The van der Waals surface area contributed by atoms with Crippen LogP contribution >= 0.6 is 11.6 Å². The summed E-state index contributed by atoms with van der Waals surface area (Å²) in [6, 6.07) is 8.65. The van der Waals surface area contributed by atoms with E-state index < -0.39 is 0 Å². The minimum absolute atomic E-state index is 0.544. The fraction of sp³-hybridized carbons (Fsp3) is 0.600. The van der Waals surface area contributed by atoms with Crippen LogP contribution in [-0.4, -0.2) is 31.1 Å². The fourth-order valence-corrected chi connectivity index (χ4v) is 2.26. The normalized spacial score (nSPS) is 14.8. The first-order valence-electron chi connectivity index (χ1n) is 6.70. The van der Waals surface area contributed by atoms with Crippen LogP contribution in [0.2, 0.25) is 5.02 Å². The third-order valence-corrected chi connectivity index (χ3v) is 3.79. The summed E-state index contributed by atoms with van der Waals surface area (Å²) >= 11 is 6.01. The number of nitrogens with one attached hydrogen (secondary N) is 1. The van der Waals surface area contributed by atoms with Gasteiger partial charge in [0.05, 0.1) is 0 Å². The Bertz CT molecular complexity index is 354. The van der Waals surface area contributed by atoms with Gasteiger partial charge in [0.15, 0.2) is 0 Å². The van der Waals surface area contributed by atoms with Crippen LogP contribution in [0.3, 0.4) is 0 Å². The van der Waals surface area contributed by atoms with Gasteiger partial charge in [-0.25, -0.2) is 0 Å². The maximum Gasteiger partial charge on any atom is 0.0409 e. The molecule has 0 spiro atoms. The van der Waals surface area contributed by atoms with Gasteiger partial charge in [0.2, 0.25) is 0 Å². The van der Waals surface area contributed by atoms with E-state index in [9.17, 15) is 0 Å². The van der Waals surface area contributed by atoms with Crippen molar-refractivity contribution in [2.45, 2.75) is 33.4 Å². The van der Waals surface area contributed by atoms with Gasteiger partial charge in [0, 0.05) is 17.6 Å². The molecule has 1 aromatic rings. The van der Waals surface area contributed by atoms with E-state index >= 15 is 0 Å². The molecule has 2 atom stereocenters. The summed E-state index contributed by atoms with van der Waals surface area (Å²) in [6.45, 7) is 9.77.